The van der Waals surface area contributed by atoms with Gasteiger partial charge in [0, 0.05) is 25.1 Å². The second-order valence-electron chi connectivity index (χ2n) is 6.05. The Morgan fingerprint density at radius 1 is 1.36 bits per heavy atom. The molecule has 0 spiro atoms. The van der Waals surface area contributed by atoms with E-state index in [-0.39, 0.29) is 24.1 Å². The smallest absolute Gasteiger partial charge is 0.269 e. The summed E-state index contributed by atoms with van der Waals surface area (Å²) in [6, 6.07) is 9.92. The molecule has 0 aliphatic carbocycles. The Bertz CT molecular complexity index is 770. The fraction of sp³-hybridized carbons (Fsp3) is 0.389. The van der Waals surface area contributed by atoms with Gasteiger partial charge in [-0.05, 0) is 31.0 Å². The van der Waals surface area contributed by atoms with Crippen LogP contribution in [0.3, 0.4) is 0 Å². The van der Waals surface area contributed by atoms with Gasteiger partial charge in [0.15, 0.2) is 0 Å². The Hall–Kier alpha value is -2.67. The molecular weight excluding hydrogens is 324 g/mol. The van der Waals surface area contributed by atoms with E-state index >= 15 is 0 Å². The number of carbonyl (C=O) groups is 1. The van der Waals surface area contributed by atoms with E-state index in [0.717, 1.165) is 17.1 Å². The fourth-order valence-corrected chi connectivity index (χ4v) is 2.99. The number of ether oxygens (including phenoxy) is 1. The summed E-state index contributed by atoms with van der Waals surface area (Å²) < 4.78 is 11.2. The zero-order chi connectivity index (χ0) is 17.8. The number of rotatable bonds is 5. The average Bonchev–Trinajstić information content (AvgIpc) is 3.06. The molecule has 1 fully saturated rings. The Morgan fingerprint density at radius 3 is 2.92 bits per heavy atom. The Labute approximate surface area is 145 Å². The topological polar surface area (TPSA) is 85.8 Å². The third-order valence-electron chi connectivity index (χ3n) is 4.29. The zero-order valence-corrected chi connectivity index (χ0v) is 14.0. The highest BCUT2D eigenvalue weighted by Crippen LogP contribution is 2.27. The van der Waals surface area contributed by atoms with Gasteiger partial charge in [-0.25, -0.2) is 0 Å². The van der Waals surface area contributed by atoms with E-state index in [1.807, 2.05) is 19.1 Å². The molecule has 25 heavy (non-hydrogen) atoms. The first-order valence-corrected chi connectivity index (χ1v) is 8.21. The van der Waals surface area contributed by atoms with Crippen molar-refractivity contribution in [2.45, 2.75) is 25.8 Å². The summed E-state index contributed by atoms with van der Waals surface area (Å²) in [6.45, 7) is 3.29. The summed E-state index contributed by atoms with van der Waals surface area (Å²) >= 11 is 0. The molecule has 0 N–H and O–H groups in total. The van der Waals surface area contributed by atoms with Crippen LogP contribution in [0.2, 0.25) is 0 Å². The number of hydrogen-bond donors (Lipinski definition) is 0. The van der Waals surface area contributed by atoms with Gasteiger partial charge in [-0.1, -0.05) is 12.1 Å². The molecule has 1 atom stereocenters. The number of morpholine rings is 1. The van der Waals surface area contributed by atoms with E-state index < -0.39 is 4.92 Å². The quantitative estimate of drug-likeness (QED) is 0.615. The number of aryl methyl sites for hydroxylation is 2. The van der Waals surface area contributed by atoms with E-state index in [9.17, 15) is 14.9 Å². The van der Waals surface area contributed by atoms with Gasteiger partial charge in [0.2, 0.25) is 5.91 Å². The van der Waals surface area contributed by atoms with Crippen molar-refractivity contribution in [2.24, 2.45) is 0 Å². The van der Waals surface area contributed by atoms with Crippen molar-refractivity contribution in [3.05, 3.63) is 63.6 Å². The van der Waals surface area contributed by atoms with Crippen molar-refractivity contribution in [3.8, 4) is 0 Å². The first-order valence-electron chi connectivity index (χ1n) is 8.21. The van der Waals surface area contributed by atoms with Gasteiger partial charge in [0.25, 0.3) is 5.69 Å². The van der Waals surface area contributed by atoms with Gasteiger partial charge < -0.3 is 14.1 Å². The highest BCUT2D eigenvalue weighted by molar-refractivity contribution is 5.77. The van der Waals surface area contributed by atoms with E-state index in [0.29, 0.717) is 26.2 Å². The molecule has 132 valence electrons. The van der Waals surface area contributed by atoms with Crippen LogP contribution < -0.4 is 0 Å². The largest absolute Gasteiger partial charge is 0.464 e. The second-order valence-corrected chi connectivity index (χ2v) is 6.05. The minimum absolute atomic E-state index is 0.00569. The Kier molecular flexibility index (Phi) is 5.14. The number of nitro groups is 1. The normalized spacial score (nSPS) is 17.5. The van der Waals surface area contributed by atoms with Crippen molar-refractivity contribution in [3.63, 3.8) is 0 Å². The van der Waals surface area contributed by atoms with Crippen LogP contribution in [0.5, 0.6) is 0 Å². The molecule has 1 aliphatic heterocycles. The van der Waals surface area contributed by atoms with Gasteiger partial charge in [0.05, 0.1) is 18.1 Å². The summed E-state index contributed by atoms with van der Waals surface area (Å²) in [4.78, 5) is 24.9. The van der Waals surface area contributed by atoms with Crippen LogP contribution in [0, 0.1) is 17.0 Å². The number of amides is 1. The number of hydrogen-bond acceptors (Lipinski definition) is 5. The minimum atomic E-state index is -0.428. The van der Waals surface area contributed by atoms with Crippen LogP contribution in [0.25, 0.3) is 0 Å². The summed E-state index contributed by atoms with van der Waals surface area (Å²) in [6.07, 6.45) is 0.749. The number of furan rings is 1. The fourth-order valence-electron chi connectivity index (χ4n) is 2.99. The van der Waals surface area contributed by atoms with E-state index in [4.69, 9.17) is 9.15 Å². The second kappa shape index (κ2) is 7.48. The van der Waals surface area contributed by atoms with Gasteiger partial charge in [0.1, 0.15) is 17.6 Å². The molecule has 1 unspecified atom stereocenters. The molecule has 0 radical (unpaired) electrons. The number of carbonyl (C=O) groups excluding carboxylic acids is 1. The molecule has 1 saturated heterocycles. The molecule has 0 bridgehead atoms. The summed E-state index contributed by atoms with van der Waals surface area (Å²) in [5.41, 5.74) is 0.821. The van der Waals surface area contributed by atoms with Crippen LogP contribution in [0.1, 0.15) is 29.5 Å². The maximum Gasteiger partial charge on any atom is 0.269 e. The Morgan fingerprint density at radius 2 is 2.20 bits per heavy atom. The number of nitrogens with zero attached hydrogens (tertiary/aromatic N) is 2. The SMILES string of the molecule is Cc1ccc(C2COCCN2C(=O)CCc2cccc([N+](=O)[O-])c2)o1. The van der Waals surface area contributed by atoms with Crippen molar-refractivity contribution in [2.75, 3.05) is 19.8 Å². The number of non-ortho nitro benzene ring substituents is 1. The van der Waals surface area contributed by atoms with Crippen LogP contribution in [0.4, 0.5) is 5.69 Å². The molecule has 7 heteroatoms. The lowest BCUT2D eigenvalue weighted by Crippen LogP contribution is -2.43. The van der Waals surface area contributed by atoms with E-state index in [1.54, 1.807) is 17.0 Å². The van der Waals surface area contributed by atoms with Crippen LogP contribution in [-0.2, 0) is 16.0 Å². The van der Waals surface area contributed by atoms with Crippen molar-refractivity contribution in [1.29, 1.82) is 0 Å². The van der Waals surface area contributed by atoms with Crippen molar-refractivity contribution >= 4 is 11.6 Å². The van der Waals surface area contributed by atoms with Gasteiger partial charge >= 0.3 is 0 Å². The average molecular weight is 344 g/mol. The predicted octanol–water partition coefficient (Wildman–Crippen LogP) is 3.03. The number of benzene rings is 1. The zero-order valence-electron chi connectivity index (χ0n) is 14.0. The van der Waals surface area contributed by atoms with Crippen molar-refractivity contribution < 1.29 is 18.9 Å². The van der Waals surface area contributed by atoms with Crippen LogP contribution in [0.15, 0.2) is 40.8 Å². The van der Waals surface area contributed by atoms with Crippen LogP contribution >= 0.6 is 0 Å². The Balaban J connectivity index is 1.66. The maximum absolute atomic E-state index is 12.7. The molecule has 7 nitrogen and oxygen atoms in total. The van der Waals surface area contributed by atoms with Gasteiger partial charge in [-0.3, -0.25) is 14.9 Å². The standard InChI is InChI=1S/C18H20N2O5/c1-13-5-7-17(25-13)16-12-24-10-9-19(16)18(21)8-6-14-3-2-4-15(11-14)20(22)23/h2-5,7,11,16H,6,8-10,12H2,1H3. The van der Waals surface area contributed by atoms with Gasteiger partial charge in [-0.15, -0.1) is 0 Å². The molecule has 1 aliphatic rings. The maximum atomic E-state index is 12.7. The molecule has 2 heterocycles. The third kappa shape index (κ3) is 4.06. The molecular formula is C18H20N2O5. The highest BCUT2D eigenvalue weighted by Gasteiger charge is 2.30. The summed E-state index contributed by atoms with van der Waals surface area (Å²) in [5.74, 6) is 1.51. The lowest BCUT2D eigenvalue weighted by atomic mass is 10.1. The van der Waals surface area contributed by atoms with Crippen molar-refractivity contribution in [1.82, 2.24) is 4.90 Å². The first kappa shape index (κ1) is 17.2. The monoisotopic (exact) mass is 344 g/mol. The minimum Gasteiger partial charge on any atom is -0.464 e. The van der Waals surface area contributed by atoms with E-state index in [2.05, 4.69) is 0 Å². The number of nitro benzene ring substituents is 1. The van der Waals surface area contributed by atoms with Gasteiger partial charge in [-0.2, -0.15) is 0 Å². The first-order chi connectivity index (χ1) is 12.0. The predicted molar refractivity (Wildman–Crippen MR) is 90.1 cm³/mol. The van der Waals surface area contributed by atoms with Crippen LogP contribution in [-0.4, -0.2) is 35.5 Å². The lowest BCUT2D eigenvalue weighted by Gasteiger charge is -2.34. The molecule has 2 aromatic rings. The molecule has 0 saturated carbocycles. The summed E-state index contributed by atoms with van der Waals surface area (Å²) in [5, 5.41) is 10.8. The molecule has 1 amide bonds. The summed E-state index contributed by atoms with van der Waals surface area (Å²) in [7, 11) is 0. The molecule has 1 aromatic heterocycles. The lowest BCUT2D eigenvalue weighted by molar-refractivity contribution is -0.384. The van der Waals surface area contributed by atoms with E-state index in [1.165, 1.54) is 12.1 Å². The highest BCUT2D eigenvalue weighted by atomic mass is 16.6. The molecule has 1 aromatic carbocycles. The molecule has 3 rings (SSSR count). The third-order valence-corrected chi connectivity index (χ3v) is 4.29.